The smallest absolute Gasteiger partial charge is 0.0462 e. The second-order valence-corrected chi connectivity index (χ2v) is 6.49. The second kappa shape index (κ2) is 5.64. The van der Waals surface area contributed by atoms with E-state index in [2.05, 4.69) is 36.6 Å². The van der Waals surface area contributed by atoms with Gasteiger partial charge in [0, 0.05) is 6.04 Å². The first-order valence-corrected chi connectivity index (χ1v) is 7.85. The topological polar surface area (TPSA) is 38.0 Å². The Bertz CT molecular complexity index is 429. The molecule has 2 heteroatoms. The van der Waals surface area contributed by atoms with Crippen LogP contribution in [0.5, 0.6) is 0 Å². The Morgan fingerprint density at radius 3 is 2.84 bits per heavy atom. The number of nitrogens with two attached hydrogens (primary N) is 1. The normalized spacial score (nSPS) is 30.7. The standard InChI is InChI=1S/C17H26N2/c1-2-12-4-3-5-15(8-12)17(19-18)11-16-10-13-6-7-14(16)9-13/h3-5,8,13-14,16-17,19H,2,6-7,9-11,18H2,1H3. The predicted molar refractivity (Wildman–Crippen MR) is 79.4 cm³/mol. The molecule has 0 aliphatic heterocycles. The van der Waals surface area contributed by atoms with E-state index in [4.69, 9.17) is 5.84 Å². The summed E-state index contributed by atoms with van der Waals surface area (Å²) in [6.07, 6.45) is 8.17. The molecule has 3 rings (SSSR count). The Morgan fingerprint density at radius 1 is 1.32 bits per heavy atom. The molecule has 19 heavy (non-hydrogen) atoms. The van der Waals surface area contributed by atoms with Crippen LogP contribution in [-0.2, 0) is 6.42 Å². The van der Waals surface area contributed by atoms with Crippen molar-refractivity contribution in [2.45, 2.75) is 51.5 Å². The molecule has 0 heterocycles. The van der Waals surface area contributed by atoms with Crippen LogP contribution >= 0.6 is 0 Å². The third-order valence-corrected chi connectivity index (χ3v) is 5.39. The van der Waals surface area contributed by atoms with Crippen molar-refractivity contribution in [1.82, 2.24) is 5.43 Å². The van der Waals surface area contributed by atoms with Crippen molar-refractivity contribution < 1.29 is 0 Å². The minimum atomic E-state index is 0.329. The average Bonchev–Trinajstić information content (AvgIpc) is 3.07. The molecule has 3 N–H and O–H groups in total. The maximum absolute atomic E-state index is 5.82. The van der Waals surface area contributed by atoms with Crippen LogP contribution in [0.2, 0.25) is 0 Å². The van der Waals surface area contributed by atoms with Gasteiger partial charge in [0.2, 0.25) is 0 Å². The Balaban J connectivity index is 1.69. The third-order valence-electron chi connectivity index (χ3n) is 5.39. The summed E-state index contributed by atoms with van der Waals surface area (Å²) in [4.78, 5) is 0. The lowest BCUT2D eigenvalue weighted by molar-refractivity contribution is 0.280. The van der Waals surface area contributed by atoms with E-state index in [9.17, 15) is 0 Å². The van der Waals surface area contributed by atoms with Gasteiger partial charge < -0.3 is 0 Å². The minimum absolute atomic E-state index is 0.329. The molecular weight excluding hydrogens is 232 g/mol. The van der Waals surface area contributed by atoms with Gasteiger partial charge in [-0.15, -0.1) is 0 Å². The number of hydrogen-bond acceptors (Lipinski definition) is 2. The van der Waals surface area contributed by atoms with E-state index in [1.54, 1.807) is 0 Å². The van der Waals surface area contributed by atoms with E-state index in [0.29, 0.717) is 6.04 Å². The summed E-state index contributed by atoms with van der Waals surface area (Å²) >= 11 is 0. The minimum Gasteiger partial charge on any atom is -0.271 e. The first kappa shape index (κ1) is 13.1. The highest BCUT2D eigenvalue weighted by molar-refractivity contribution is 5.26. The molecule has 1 aromatic rings. The van der Waals surface area contributed by atoms with Crippen molar-refractivity contribution in [2.24, 2.45) is 23.6 Å². The lowest BCUT2D eigenvalue weighted by atomic mass is 9.82. The van der Waals surface area contributed by atoms with E-state index in [1.807, 2.05) is 0 Å². The maximum Gasteiger partial charge on any atom is 0.0462 e. The maximum atomic E-state index is 5.82. The van der Waals surface area contributed by atoms with Gasteiger partial charge >= 0.3 is 0 Å². The Morgan fingerprint density at radius 2 is 2.21 bits per heavy atom. The van der Waals surface area contributed by atoms with Crippen LogP contribution in [0.3, 0.4) is 0 Å². The summed E-state index contributed by atoms with van der Waals surface area (Å²) in [5, 5.41) is 0. The third kappa shape index (κ3) is 2.70. The fraction of sp³-hybridized carbons (Fsp3) is 0.647. The molecule has 0 radical (unpaired) electrons. The van der Waals surface area contributed by atoms with Gasteiger partial charge in [-0.1, -0.05) is 37.6 Å². The number of aryl methyl sites for hydroxylation is 1. The van der Waals surface area contributed by atoms with E-state index in [-0.39, 0.29) is 0 Å². The number of hydrogen-bond donors (Lipinski definition) is 2. The van der Waals surface area contributed by atoms with Crippen LogP contribution in [0.25, 0.3) is 0 Å². The van der Waals surface area contributed by atoms with Crippen molar-refractivity contribution in [1.29, 1.82) is 0 Å². The molecule has 2 saturated carbocycles. The molecule has 2 fully saturated rings. The quantitative estimate of drug-likeness (QED) is 0.626. The van der Waals surface area contributed by atoms with Crippen LogP contribution in [0.1, 0.15) is 56.2 Å². The van der Waals surface area contributed by atoms with E-state index < -0.39 is 0 Å². The van der Waals surface area contributed by atoms with Gasteiger partial charge in [-0.25, -0.2) is 0 Å². The van der Waals surface area contributed by atoms with Crippen LogP contribution in [0.4, 0.5) is 0 Å². The molecular formula is C17H26N2. The molecule has 4 unspecified atom stereocenters. The van der Waals surface area contributed by atoms with Crippen molar-refractivity contribution >= 4 is 0 Å². The molecule has 2 nitrogen and oxygen atoms in total. The zero-order chi connectivity index (χ0) is 13.2. The molecule has 0 saturated heterocycles. The van der Waals surface area contributed by atoms with Gasteiger partial charge in [0.1, 0.15) is 0 Å². The molecule has 2 bridgehead atoms. The largest absolute Gasteiger partial charge is 0.271 e. The number of fused-ring (bicyclic) bond motifs is 2. The number of rotatable bonds is 5. The first-order valence-electron chi connectivity index (χ1n) is 7.85. The molecule has 1 aromatic carbocycles. The van der Waals surface area contributed by atoms with Crippen LogP contribution in [0, 0.1) is 17.8 Å². The van der Waals surface area contributed by atoms with Gasteiger partial charge in [0.15, 0.2) is 0 Å². The molecule has 0 aromatic heterocycles. The zero-order valence-corrected chi connectivity index (χ0v) is 11.9. The number of benzene rings is 1. The summed E-state index contributed by atoms with van der Waals surface area (Å²) in [7, 11) is 0. The summed E-state index contributed by atoms with van der Waals surface area (Å²) in [5.41, 5.74) is 5.83. The van der Waals surface area contributed by atoms with E-state index >= 15 is 0 Å². The van der Waals surface area contributed by atoms with Crippen LogP contribution in [-0.4, -0.2) is 0 Å². The van der Waals surface area contributed by atoms with Gasteiger partial charge in [-0.3, -0.25) is 11.3 Å². The molecule has 2 aliphatic carbocycles. The molecule has 4 atom stereocenters. The summed E-state index contributed by atoms with van der Waals surface area (Å²) in [5.74, 6) is 8.72. The van der Waals surface area contributed by atoms with Crippen LogP contribution in [0.15, 0.2) is 24.3 Å². The summed E-state index contributed by atoms with van der Waals surface area (Å²) in [6, 6.07) is 9.23. The number of hydrazine groups is 1. The summed E-state index contributed by atoms with van der Waals surface area (Å²) < 4.78 is 0. The molecule has 2 aliphatic rings. The SMILES string of the molecule is CCc1cccc(C(CC2CC3CCC2C3)NN)c1. The van der Waals surface area contributed by atoms with Crippen molar-refractivity contribution in [3.63, 3.8) is 0 Å². The molecule has 0 amide bonds. The fourth-order valence-corrected chi connectivity index (χ4v) is 4.30. The predicted octanol–water partition coefficient (Wildman–Crippen LogP) is 3.58. The van der Waals surface area contributed by atoms with Crippen molar-refractivity contribution in [3.8, 4) is 0 Å². The van der Waals surface area contributed by atoms with E-state index in [1.165, 1.54) is 43.2 Å². The number of nitrogens with one attached hydrogen (secondary N) is 1. The molecule has 104 valence electrons. The highest BCUT2D eigenvalue weighted by atomic mass is 15.2. The first-order chi connectivity index (χ1) is 9.30. The lowest BCUT2D eigenvalue weighted by Gasteiger charge is -2.26. The Kier molecular flexibility index (Phi) is 3.90. The Labute approximate surface area is 116 Å². The van der Waals surface area contributed by atoms with Gasteiger partial charge in [0.25, 0.3) is 0 Å². The van der Waals surface area contributed by atoms with Gasteiger partial charge in [-0.2, -0.15) is 0 Å². The highest BCUT2D eigenvalue weighted by Crippen LogP contribution is 2.50. The Hall–Kier alpha value is -0.860. The van der Waals surface area contributed by atoms with Gasteiger partial charge in [0.05, 0.1) is 0 Å². The van der Waals surface area contributed by atoms with E-state index in [0.717, 1.165) is 24.2 Å². The van der Waals surface area contributed by atoms with Crippen LogP contribution < -0.4 is 11.3 Å². The van der Waals surface area contributed by atoms with Crippen molar-refractivity contribution in [2.75, 3.05) is 0 Å². The highest BCUT2D eigenvalue weighted by Gasteiger charge is 2.40. The monoisotopic (exact) mass is 258 g/mol. The second-order valence-electron chi connectivity index (χ2n) is 6.49. The summed E-state index contributed by atoms with van der Waals surface area (Å²) in [6.45, 7) is 2.21. The zero-order valence-electron chi connectivity index (χ0n) is 11.9. The van der Waals surface area contributed by atoms with Gasteiger partial charge in [-0.05, 0) is 61.0 Å². The van der Waals surface area contributed by atoms with Crippen molar-refractivity contribution in [3.05, 3.63) is 35.4 Å². The lowest BCUT2D eigenvalue weighted by Crippen LogP contribution is -2.30. The average molecular weight is 258 g/mol. The molecule has 0 spiro atoms. The fourth-order valence-electron chi connectivity index (χ4n) is 4.30.